The molecule has 0 spiro atoms. The molecule has 0 radical (unpaired) electrons. The molecule has 2 aromatic heterocycles. The smallest absolute Gasteiger partial charge is 0.407 e. The highest BCUT2D eigenvalue weighted by molar-refractivity contribution is 6.07. The number of carbonyl (C=O) groups is 4. The van der Waals surface area contributed by atoms with Crippen molar-refractivity contribution in [2.24, 2.45) is 23.2 Å². The van der Waals surface area contributed by atoms with Crippen LogP contribution >= 0.6 is 0 Å². The molecule has 1 saturated carbocycles. The fourth-order valence-corrected chi connectivity index (χ4v) is 10.3. The Morgan fingerprint density at radius 3 is 1.94 bits per heavy atom. The first-order valence-electron chi connectivity index (χ1n) is 23.3. The minimum atomic E-state index is -0.948. The predicted octanol–water partition coefficient (Wildman–Crippen LogP) is 9.36. The van der Waals surface area contributed by atoms with Gasteiger partial charge in [-0.1, -0.05) is 101 Å². The van der Waals surface area contributed by atoms with Gasteiger partial charge in [-0.2, -0.15) is 0 Å². The van der Waals surface area contributed by atoms with Crippen LogP contribution in [0.2, 0.25) is 0 Å². The summed E-state index contributed by atoms with van der Waals surface area (Å²) in [6, 6.07) is 27.7. The molecule has 1 aliphatic heterocycles. The Kier molecular flexibility index (Phi) is 12.4. The number of ether oxygens (including phenoxy) is 3. The van der Waals surface area contributed by atoms with Gasteiger partial charge in [-0.05, 0) is 82.3 Å². The minimum absolute atomic E-state index is 0.000989. The Bertz CT molecular complexity index is 3040. The summed E-state index contributed by atoms with van der Waals surface area (Å²) in [6.07, 6.45) is -0.697. The highest BCUT2D eigenvalue weighted by Crippen LogP contribution is 2.47. The Balaban J connectivity index is 1.000. The summed E-state index contributed by atoms with van der Waals surface area (Å²) in [6.45, 7) is 13.0. The van der Waals surface area contributed by atoms with Gasteiger partial charge in [0.1, 0.15) is 23.7 Å². The van der Waals surface area contributed by atoms with E-state index < -0.39 is 35.7 Å². The number of hydrogen-bond acceptors (Lipinski definition) is 9. The number of rotatable bonds is 12. The quantitative estimate of drug-likeness (QED) is 0.0928. The maximum Gasteiger partial charge on any atom is 0.407 e. The summed E-state index contributed by atoms with van der Waals surface area (Å²) in [5, 5.41) is 9.58. The van der Waals surface area contributed by atoms with Crippen LogP contribution in [-0.4, -0.2) is 100 Å². The van der Waals surface area contributed by atoms with E-state index >= 15 is 0 Å². The molecule has 15 heteroatoms. The standard InChI is InChI=1S/C53H60N8O7/c1-28-29(2)45(28)61(50(63)46(53(4,5)6)59-52(65)68-9)30(3)47-54-39-21-17-35-24-33(15-19-37(35)43(39)56-47)34-16-20-38-36(25-34)18-22-40-44(38)57-48(55-40)41-23-31(27-66-7)26-60(41)49(62)42(58-51(64)67-8)32-13-11-10-12-14-32/h10-22,24-25,28-31,41-42,45-46H,23,26-27H2,1-9H3,(H,54,56)(H,55,57)(H,58,64)(H,59,65)/t28-,29+,30-,31-,41-,42+,45?,46+/m0/s1. The number of fused-ring (bicyclic) bond motifs is 6. The first-order chi connectivity index (χ1) is 32.6. The maximum absolute atomic E-state index is 14.5. The number of carbonyl (C=O) groups excluding carboxylic acids is 4. The first kappa shape index (κ1) is 46.1. The van der Waals surface area contributed by atoms with Gasteiger partial charge in [0.25, 0.3) is 5.91 Å². The number of H-pyrrole nitrogens is 2. The Hall–Kier alpha value is -7.00. The maximum atomic E-state index is 14.5. The van der Waals surface area contributed by atoms with Crippen LogP contribution in [0.3, 0.4) is 0 Å². The van der Waals surface area contributed by atoms with Crippen LogP contribution < -0.4 is 10.6 Å². The molecule has 354 valence electrons. The van der Waals surface area contributed by atoms with Gasteiger partial charge >= 0.3 is 12.2 Å². The third-order valence-corrected chi connectivity index (χ3v) is 14.2. The molecule has 4 amide bonds. The lowest BCUT2D eigenvalue weighted by atomic mass is 9.85. The zero-order chi connectivity index (χ0) is 48.2. The molecule has 7 aromatic rings. The van der Waals surface area contributed by atoms with Crippen molar-refractivity contribution in [3.05, 3.63) is 108 Å². The summed E-state index contributed by atoms with van der Waals surface area (Å²) >= 11 is 0. The average molecular weight is 921 g/mol. The first-order valence-corrected chi connectivity index (χ1v) is 23.3. The second-order valence-corrected chi connectivity index (χ2v) is 19.6. The molecule has 4 N–H and O–H groups in total. The number of imidazole rings is 2. The van der Waals surface area contributed by atoms with Crippen molar-refractivity contribution in [1.29, 1.82) is 0 Å². The Labute approximate surface area is 395 Å². The van der Waals surface area contributed by atoms with Crippen molar-refractivity contribution in [2.45, 2.75) is 78.2 Å². The average Bonchev–Trinajstić information content (AvgIpc) is 3.84. The van der Waals surface area contributed by atoms with Gasteiger partial charge in [-0.25, -0.2) is 19.6 Å². The largest absolute Gasteiger partial charge is 0.453 e. The molecule has 0 bridgehead atoms. The van der Waals surface area contributed by atoms with Gasteiger partial charge in [0, 0.05) is 36.4 Å². The van der Waals surface area contributed by atoms with Crippen molar-refractivity contribution in [3.8, 4) is 11.1 Å². The Morgan fingerprint density at radius 2 is 1.37 bits per heavy atom. The van der Waals surface area contributed by atoms with Gasteiger partial charge < -0.3 is 44.6 Å². The van der Waals surface area contributed by atoms with Crippen LogP contribution in [0.1, 0.15) is 83.3 Å². The lowest BCUT2D eigenvalue weighted by Gasteiger charge is -2.37. The number of hydrogen-bond donors (Lipinski definition) is 4. The molecule has 9 rings (SSSR count). The molecule has 1 unspecified atom stereocenters. The van der Waals surface area contributed by atoms with E-state index in [-0.39, 0.29) is 29.8 Å². The van der Waals surface area contributed by atoms with Crippen molar-refractivity contribution >= 4 is 67.6 Å². The zero-order valence-corrected chi connectivity index (χ0v) is 40.0. The van der Waals surface area contributed by atoms with Crippen molar-refractivity contribution in [1.82, 2.24) is 40.4 Å². The van der Waals surface area contributed by atoms with Crippen LogP contribution in [0.25, 0.3) is 54.7 Å². The van der Waals surface area contributed by atoms with E-state index in [1.165, 1.54) is 14.2 Å². The lowest BCUT2D eigenvalue weighted by Crippen LogP contribution is -2.56. The highest BCUT2D eigenvalue weighted by Gasteiger charge is 2.53. The van der Waals surface area contributed by atoms with E-state index in [4.69, 9.17) is 24.2 Å². The van der Waals surface area contributed by atoms with Gasteiger partial charge in [-0.15, -0.1) is 0 Å². The number of nitrogens with zero attached hydrogens (tertiary/aromatic N) is 4. The molecule has 15 nitrogen and oxygen atoms in total. The molecule has 1 aliphatic carbocycles. The van der Waals surface area contributed by atoms with Crippen LogP contribution in [0.15, 0.2) is 91.0 Å². The van der Waals surface area contributed by atoms with E-state index in [2.05, 4.69) is 83.0 Å². The fraction of sp³-hybridized carbons (Fsp3) is 0.396. The van der Waals surface area contributed by atoms with E-state index in [1.807, 2.05) is 75.1 Å². The number of aromatic nitrogens is 4. The molecule has 2 aliphatic rings. The number of aromatic amines is 2. The van der Waals surface area contributed by atoms with E-state index in [0.717, 1.165) is 54.7 Å². The summed E-state index contributed by atoms with van der Waals surface area (Å²) in [7, 11) is 4.24. The monoisotopic (exact) mass is 920 g/mol. The fourth-order valence-electron chi connectivity index (χ4n) is 10.3. The van der Waals surface area contributed by atoms with E-state index in [0.29, 0.717) is 48.6 Å². The van der Waals surface area contributed by atoms with E-state index in [1.54, 1.807) is 12.0 Å². The minimum Gasteiger partial charge on any atom is -0.453 e. The SMILES string of the molecule is COC[C@H]1C[C@@H](c2nc3c(ccc4cc(-c5ccc6c(ccc7[nH]c([C@H](C)N(C(=O)[C@@H](NC(=O)OC)C(C)(C)C)C8[C@@H](C)[C@H]8C)nc76)c5)ccc43)[nH]2)N(C(=O)[C@H](NC(=O)OC)c2ccccc2)C1. The zero-order valence-electron chi connectivity index (χ0n) is 40.0. The highest BCUT2D eigenvalue weighted by atomic mass is 16.5. The van der Waals surface area contributed by atoms with Crippen molar-refractivity contribution in [2.75, 3.05) is 34.5 Å². The van der Waals surface area contributed by atoms with Crippen molar-refractivity contribution in [3.63, 3.8) is 0 Å². The summed E-state index contributed by atoms with van der Waals surface area (Å²) in [5.41, 5.74) is 5.54. The molecule has 8 atom stereocenters. The topological polar surface area (TPSA) is 184 Å². The molecule has 2 fully saturated rings. The third kappa shape index (κ3) is 8.59. The molecule has 68 heavy (non-hydrogen) atoms. The molecule has 1 saturated heterocycles. The molecular formula is C53H60N8O7. The van der Waals surface area contributed by atoms with Gasteiger partial charge in [0.05, 0.1) is 55.0 Å². The second-order valence-electron chi connectivity index (χ2n) is 19.6. The van der Waals surface area contributed by atoms with Crippen LogP contribution in [-0.2, 0) is 23.8 Å². The predicted molar refractivity (Wildman–Crippen MR) is 262 cm³/mol. The van der Waals surface area contributed by atoms with Gasteiger partial charge in [0.2, 0.25) is 5.91 Å². The normalized spacial score (nSPS) is 20.6. The number of methoxy groups -OCH3 is 3. The number of amides is 4. The van der Waals surface area contributed by atoms with Gasteiger partial charge in [0.15, 0.2) is 0 Å². The lowest BCUT2D eigenvalue weighted by molar-refractivity contribution is -0.139. The van der Waals surface area contributed by atoms with Crippen molar-refractivity contribution < 1.29 is 33.4 Å². The number of nitrogens with one attached hydrogen (secondary N) is 4. The summed E-state index contributed by atoms with van der Waals surface area (Å²) in [5.74, 6) is 1.60. The van der Waals surface area contributed by atoms with Crippen LogP contribution in [0.4, 0.5) is 9.59 Å². The summed E-state index contributed by atoms with van der Waals surface area (Å²) in [4.78, 5) is 74.9. The van der Waals surface area contributed by atoms with Gasteiger partial charge in [-0.3, -0.25) is 9.59 Å². The Morgan fingerprint density at radius 1 is 0.779 bits per heavy atom. The second kappa shape index (κ2) is 18.2. The molecule has 5 aromatic carbocycles. The van der Waals surface area contributed by atoms with E-state index in [9.17, 15) is 19.2 Å². The third-order valence-electron chi connectivity index (χ3n) is 14.2. The molecule has 3 heterocycles. The summed E-state index contributed by atoms with van der Waals surface area (Å²) < 4.78 is 15.4. The molecular weight excluding hydrogens is 861 g/mol. The number of benzene rings is 5. The van der Waals surface area contributed by atoms with Crippen LogP contribution in [0, 0.1) is 23.2 Å². The number of likely N-dealkylation sites (tertiary alicyclic amines) is 1. The van der Waals surface area contributed by atoms with Crippen LogP contribution in [0.5, 0.6) is 0 Å². The number of alkyl carbamates (subject to hydrolysis) is 2.